The van der Waals surface area contributed by atoms with Crippen LogP contribution in [0.3, 0.4) is 0 Å². The largest absolute Gasteiger partial charge is 0.387 e. The first-order valence-electron chi connectivity index (χ1n) is 5.93. The fourth-order valence-electron chi connectivity index (χ4n) is 1.61. The van der Waals surface area contributed by atoms with E-state index in [1.54, 1.807) is 13.8 Å². The molecular weight excluding hydrogens is 242 g/mol. The predicted molar refractivity (Wildman–Crippen MR) is 63.1 cm³/mol. The molecule has 102 valence electrons. The summed E-state index contributed by atoms with van der Waals surface area (Å²) in [4.78, 5) is 0. The highest BCUT2D eigenvalue weighted by molar-refractivity contribution is 5.19. The number of aliphatic hydroxyl groups excluding tert-OH is 1. The van der Waals surface area contributed by atoms with E-state index in [-0.39, 0.29) is 12.0 Å². The summed E-state index contributed by atoms with van der Waals surface area (Å²) in [5, 5.41) is 9.91. The fourth-order valence-corrected chi connectivity index (χ4v) is 1.61. The zero-order chi connectivity index (χ0) is 13.5. The van der Waals surface area contributed by atoms with Crippen molar-refractivity contribution in [2.45, 2.75) is 32.7 Å². The molecule has 1 aromatic rings. The number of ether oxygens (including phenoxy) is 2. The standard InChI is InChI=1S/C13H18F2O3/c1-3-17-13(18-4-2)12(16)7-9-5-6-10(14)8-11(9)15/h5-6,8,12-13,16H,3-4,7H2,1-2H3. The van der Waals surface area contributed by atoms with Crippen molar-refractivity contribution in [2.24, 2.45) is 0 Å². The maximum Gasteiger partial charge on any atom is 0.183 e. The zero-order valence-corrected chi connectivity index (χ0v) is 10.5. The quantitative estimate of drug-likeness (QED) is 0.764. The molecule has 0 aromatic heterocycles. The highest BCUT2D eigenvalue weighted by Gasteiger charge is 2.21. The molecule has 0 spiro atoms. The lowest BCUT2D eigenvalue weighted by molar-refractivity contribution is -0.188. The Morgan fingerprint density at radius 3 is 2.28 bits per heavy atom. The highest BCUT2D eigenvalue weighted by atomic mass is 19.1. The number of halogens is 2. The molecule has 0 aliphatic heterocycles. The van der Waals surface area contributed by atoms with Gasteiger partial charge in [0.15, 0.2) is 6.29 Å². The molecule has 1 atom stereocenters. The van der Waals surface area contributed by atoms with Crippen molar-refractivity contribution in [3.05, 3.63) is 35.4 Å². The van der Waals surface area contributed by atoms with Gasteiger partial charge in [-0.15, -0.1) is 0 Å². The summed E-state index contributed by atoms with van der Waals surface area (Å²) in [6, 6.07) is 3.25. The summed E-state index contributed by atoms with van der Waals surface area (Å²) < 4.78 is 36.6. The van der Waals surface area contributed by atoms with Gasteiger partial charge in [-0.1, -0.05) is 6.07 Å². The van der Waals surface area contributed by atoms with Gasteiger partial charge in [0.2, 0.25) is 0 Å². The Hall–Kier alpha value is -1.04. The van der Waals surface area contributed by atoms with Crippen LogP contribution < -0.4 is 0 Å². The van der Waals surface area contributed by atoms with Gasteiger partial charge >= 0.3 is 0 Å². The van der Waals surface area contributed by atoms with Crippen molar-refractivity contribution in [3.63, 3.8) is 0 Å². The Balaban J connectivity index is 2.69. The molecule has 1 aromatic carbocycles. The summed E-state index contributed by atoms with van der Waals surface area (Å²) in [5.74, 6) is -1.32. The first kappa shape index (κ1) is 15.0. The van der Waals surface area contributed by atoms with Crippen LogP contribution in [0.1, 0.15) is 19.4 Å². The zero-order valence-electron chi connectivity index (χ0n) is 10.5. The van der Waals surface area contributed by atoms with Crippen molar-refractivity contribution in [3.8, 4) is 0 Å². The van der Waals surface area contributed by atoms with Crippen LogP contribution in [0, 0.1) is 11.6 Å². The van der Waals surface area contributed by atoms with E-state index in [4.69, 9.17) is 9.47 Å². The molecule has 1 N–H and O–H groups in total. The molecule has 1 unspecified atom stereocenters. The number of hydrogen-bond acceptors (Lipinski definition) is 3. The van der Waals surface area contributed by atoms with Gasteiger partial charge < -0.3 is 14.6 Å². The summed E-state index contributed by atoms with van der Waals surface area (Å²) in [6.07, 6.45) is -1.79. The highest BCUT2D eigenvalue weighted by Crippen LogP contribution is 2.14. The minimum Gasteiger partial charge on any atom is -0.387 e. The monoisotopic (exact) mass is 260 g/mol. The van der Waals surface area contributed by atoms with Gasteiger partial charge in [-0.25, -0.2) is 8.78 Å². The van der Waals surface area contributed by atoms with Crippen LogP contribution in [-0.2, 0) is 15.9 Å². The van der Waals surface area contributed by atoms with Crippen LogP contribution in [0.4, 0.5) is 8.78 Å². The summed E-state index contributed by atoms with van der Waals surface area (Å²) >= 11 is 0. The average molecular weight is 260 g/mol. The molecule has 0 heterocycles. The van der Waals surface area contributed by atoms with E-state index < -0.39 is 24.0 Å². The van der Waals surface area contributed by atoms with Gasteiger partial charge in [0.05, 0.1) is 0 Å². The Morgan fingerprint density at radius 1 is 1.17 bits per heavy atom. The second-order valence-electron chi connectivity index (χ2n) is 3.79. The molecule has 0 aliphatic rings. The number of hydrogen-bond donors (Lipinski definition) is 1. The summed E-state index contributed by atoms with van der Waals surface area (Å²) in [7, 11) is 0. The Labute approximate surface area is 105 Å². The fraction of sp³-hybridized carbons (Fsp3) is 0.538. The molecule has 0 amide bonds. The Kier molecular flexibility index (Phi) is 6.18. The topological polar surface area (TPSA) is 38.7 Å². The molecule has 0 saturated carbocycles. The Bertz CT molecular complexity index is 365. The van der Waals surface area contributed by atoms with Gasteiger partial charge in [-0.2, -0.15) is 0 Å². The number of rotatable bonds is 7. The predicted octanol–water partition coefficient (Wildman–Crippen LogP) is 2.27. The van der Waals surface area contributed by atoms with E-state index in [9.17, 15) is 13.9 Å². The van der Waals surface area contributed by atoms with Gasteiger partial charge in [0.25, 0.3) is 0 Å². The minimum absolute atomic E-state index is 0.0107. The Morgan fingerprint density at radius 2 is 1.78 bits per heavy atom. The summed E-state index contributed by atoms with van der Waals surface area (Å²) in [5.41, 5.74) is 0.230. The first-order valence-corrected chi connectivity index (χ1v) is 5.93. The lowest BCUT2D eigenvalue weighted by Gasteiger charge is -2.22. The minimum atomic E-state index is -0.995. The van der Waals surface area contributed by atoms with E-state index in [0.29, 0.717) is 13.2 Å². The van der Waals surface area contributed by atoms with E-state index in [0.717, 1.165) is 12.1 Å². The van der Waals surface area contributed by atoms with Crippen LogP contribution >= 0.6 is 0 Å². The molecule has 5 heteroatoms. The van der Waals surface area contributed by atoms with E-state index in [2.05, 4.69) is 0 Å². The smallest absolute Gasteiger partial charge is 0.183 e. The third-order valence-corrected chi connectivity index (χ3v) is 2.42. The van der Waals surface area contributed by atoms with E-state index >= 15 is 0 Å². The lowest BCUT2D eigenvalue weighted by Crippen LogP contribution is -2.33. The first-order chi connectivity index (χ1) is 8.58. The second kappa shape index (κ2) is 7.41. The van der Waals surface area contributed by atoms with Gasteiger partial charge in [-0.3, -0.25) is 0 Å². The molecule has 0 fully saturated rings. The molecule has 18 heavy (non-hydrogen) atoms. The average Bonchev–Trinajstić information content (AvgIpc) is 2.32. The van der Waals surface area contributed by atoms with Gasteiger partial charge in [0, 0.05) is 25.7 Å². The van der Waals surface area contributed by atoms with Crippen molar-refractivity contribution in [1.82, 2.24) is 0 Å². The second-order valence-corrected chi connectivity index (χ2v) is 3.79. The third-order valence-electron chi connectivity index (χ3n) is 2.42. The molecule has 3 nitrogen and oxygen atoms in total. The molecule has 0 aliphatic carbocycles. The molecule has 0 radical (unpaired) electrons. The van der Waals surface area contributed by atoms with Gasteiger partial charge in [0.1, 0.15) is 17.7 Å². The SMILES string of the molecule is CCOC(OCC)C(O)Cc1ccc(F)cc1F. The molecule has 0 bridgehead atoms. The van der Waals surface area contributed by atoms with Crippen molar-refractivity contribution in [1.29, 1.82) is 0 Å². The summed E-state index contributed by atoms with van der Waals surface area (Å²) in [6.45, 7) is 4.32. The normalized spacial score (nSPS) is 13.0. The van der Waals surface area contributed by atoms with Crippen LogP contribution in [0.2, 0.25) is 0 Å². The van der Waals surface area contributed by atoms with Crippen LogP contribution in [0.25, 0.3) is 0 Å². The van der Waals surface area contributed by atoms with Crippen molar-refractivity contribution in [2.75, 3.05) is 13.2 Å². The van der Waals surface area contributed by atoms with Crippen LogP contribution in [0.5, 0.6) is 0 Å². The van der Waals surface area contributed by atoms with Crippen molar-refractivity contribution >= 4 is 0 Å². The maximum atomic E-state index is 13.4. The third kappa shape index (κ3) is 4.33. The molecule has 1 rings (SSSR count). The van der Waals surface area contributed by atoms with Crippen molar-refractivity contribution < 1.29 is 23.4 Å². The lowest BCUT2D eigenvalue weighted by atomic mass is 10.1. The van der Waals surface area contributed by atoms with Crippen LogP contribution in [0.15, 0.2) is 18.2 Å². The molecule has 0 saturated heterocycles. The van der Waals surface area contributed by atoms with Gasteiger partial charge in [-0.05, 0) is 25.5 Å². The van der Waals surface area contributed by atoms with E-state index in [1.165, 1.54) is 6.07 Å². The number of aliphatic hydroxyl groups is 1. The number of benzene rings is 1. The maximum absolute atomic E-state index is 13.4. The van der Waals surface area contributed by atoms with E-state index in [1.807, 2.05) is 0 Å². The molecular formula is C13H18F2O3. The van der Waals surface area contributed by atoms with Crippen LogP contribution in [-0.4, -0.2) is 30.7 Å².